The van der Waals surface area contributed by atoms with Crippen molar-refractivity contribution in [1.82, 2.24) is 4.98 Å². The van der Waals surface area contributed by atoms with E-state index in [1.165, 1.54) is 0 Å². The smallest absolute Gasteiger partial charge is 0.472 e. The average molecular weight is 336 g/mol. The average Bonchev–Trinajstić information content (AvgIpc) is 2.81. The predicted molar refractivity (Wildman–Crippen MR) is 95.4 cm³/mol. The summed E-state index contributed by atoms with van der Waals surface area (Å²) in [5.74, 6) is 0.312. The molecule has 1 saturated heterocycles. The molecule has 0 unspecified atom stereocenters. The molecule has 1 aliphatic heterocycles. The summed E-state index contributed by atoms with van der Waals surface area (Å²) in [6.45, 7) is 8.32. The molecule has 2 heterocycles. The number of rotatable bonds is 4. The van der Waals surface area contributed by atoms with Crippen LogP contribution in [0.3, 0.4) is 0 Å². The first-order chi connectivity index (χ1) is 11.8. The van der Waals surface area contributed by atoms with Crippen molar-refractivity contribution < 1.29 is 14.0 Å². The van der Waals surface area contributed by atoms with Gasteiger partial charge in [-0.05, 0) is 39.3 Å². The van der Waals surface area contributed by atoms with Gasteiger partial charge >= 0.3 is 7.12 Å². The van der Waals surface area contributed by atoms with Crippen LogP contribution in [0.25, 0.3) is 0 Å². The van der Waals surface area contributed by atoms with Gasteiger partial charge in [-0.2, -0.15) is 5.26 Å². The van der Waals surface area contributed by atoms with E-state index >= 15 is 0 Å². The van der Waals surface area contributed by atoms with Crippen LogP contribution < -0.4 is 10.2 Å². The molecule has 1 aromatic carbocycles. The van der Waals surface area contributed by atoms with E-state index < -0.39 is 18.3 Å². The number of nitrogens with zero attached hydrogens (tertiary/aromatic N) is 2. The maximum absolute atomic E-state index is 9.44. The van der Waals surface area contributed by atoms with Crippen molar-refractivity contribution in [3.8, 4) is 11.9 Å². The van der Waals surface area contributed by atoms with Crippen molar-refractivity contribution in [2.75, 3.05) is 0 Å². The molecule has 0 spiro atoms. The zero-order valence-corrected chi connectivity index (χ0v) is 14.9. The largest absolute Gasteiger partial charge is 0.496 e. The fourth-order valence-electron chi connectivity index (χ4n) is 2.50. The van der Waals surface area contributed by atoms with E-state index in [0.717, 1.165) is 5.56 Å². The number of pyridine rings is 1. The molecule has 0 N–H and O–H groups in total. The molecular formula is C19H21BN2O3. The molecule has 1 aliphatic rings. The Labute approximate surface area is 148 Å². The Morgan fingerprint density at radius 2 is 1.76 bits per heavy atom. The van der Waals surface area contributed by atoms with E-state index in [4.69, 9.17) is 14.0 Å². The summed E-state index contributed by atoms with van der Waals surface area (Å²) in [7, 11) is -0.548. The molecule has 0 saturated carbocycles. The van der Waals surface area contributed by atoms with E-state index in [2.05, 4.69) is 11.1 Å². The number of hydrogen-bond acceptors (Lipinski definition) is 5. The third-order valence-corrected chi connectivity index (χ3v) is 4.74. The number of nitriles is 1. The standard InChI is InChI=1S/C19H21BN2O3/c1-18(2)19(3,4)25-20(24-18)16-10-15(11-21)17(22-12-16)23-13-14-8-6-5-7-9-14/h5-10,12H,13H2,1-4H3. The summed E-state index contributed by atoms with van der Waals surface area (Å²) < 4.78 is 17.7. The van der Waals surface area contributed by atoms with Crippen LogP contribution in [0.2, 0.25) is 0 Å². The van der Waals surface area contributed by atoms with Crippen LogP contribution >= 0.6 is 0 Å². The Bertz CT molecular complexity index is 784. The molecule has 1 fully saturated rings. The van der Waals surface area contributed by atoms with Gasteiger partial charge in [-0.15, -0.1) is 0 Å². The first-order valence-corrected chi connectivity index (χ1v) is 8.25. The zero-order valence-electron chi connectivity index (χ0n) is 14.9. The lowest BCUT2D eigenvalue weighted by Crippen LogP contribution is -2.41. The summed E-state index contributed by atoms with van der Waals surface area (Å²) in [4.78, 5) is 4.30. The maximum Gasteiger partial charge on any atom is 0.496 e. The van der Waals surface area contributed by atoms with Crippen LogP contribution in [0, 0.1) is 11.3 Å². The van der Waals surface area contributed by atoms with Crippen LogP contribution in [0.4, 0.5) is 0 Å². The van der Waals surface area contributed by atoms with Crippen LogP contribution in [-0.2, 0) is 15.9 Å². The molecule has 0 radical (unpaired) electrons. The van der Waals surface area contributed by atoms with Gasteiger partial charge < -0.3 is 14.0 Å². The number of ether oxygens (including phenoxy) is 1. The highest BCUT2D eigenvalue weighted by atomic mass is 16.7. The van der Waals surface area contributed by atoms with Crippen LogP contribution in [0.5, 0.6) is 5.88 Å². The molecule has 1 aromatic heterocycles. The van der Waals surface area contributed by atoms with Gasteiger partial charge in [0.15, 0.2) is 0 Å². The van der Waals surface area contributed by atoms with Gasteiger partial charge in [0.1, 0.15) is 18.2 Å². The second-order valence-electron chi connectivity index (χ2n) is 7.10. The summed E-state index contributed by atoms with van der Waals surface area (Å²) in [6, 6.07) is 13.6. The van der Waals surface area contributed by atoms with Crippen molar-refractivity contribution in [1.29, 1.82) is 5.26 Å². The molecule has 5 nitrogen and oxygen atoms in total. The Kier molecular flexibility index (Phi) is 4.55. The first-order valence-electron chi connectivity index (χ1n) is 8.25. The third kappa shape index (κ3) is 3.53. The Hall–Kier alpha value is -2.36. The summed E-state index contributed by atoms with van der Waals surface area (Å²) in [5, 5.41) is 9.44. The van der Waals surface area contributed by atoms with Gasteiger partial charge in [-0.25, -0.2) is 4.98 Å². The van der Waals surface area contributed by atoms with E-state index in [-0.39, 0.29) is 0 Å². The quantitative estimate of drug-likeness (QED) is 0.804. The van der Waals surface area contributed by atoms with E-state index in [0.29, 0.717) is 23.5 Å². The van der Waals surface area contributed by atoms with Crippen LogP contribution in [0.1, 0.15) is 38.8 Å². The zero-order chi connectivity index (χ0) is 18.1. The fraction of sp³-hybridized carbons (Fsp3) is 0.368. The van der Waals surface area contributed by atoms with Crippen LogP contribution in [0.15, 0.2) is 42.6 Å². The Morgan fingerprint density at radius 3 is 2.36 bits per heavy atom. The minimum atomic E-state index is -0.548. The minimum Gasteiger partial charge on any atom is -0.472 e. The van der Waals surface area contributed by atoms with E-state index in [1.54, 1.807) is 12.3 Å². The Morgan fingerprint density at radius 1 is 1.12 bits per heavy atom. The minimum absolute atomic E-state index is 0.312. The molecular weight excluding hydrogens is 315 g/mol. The molecule has 25 heavy (non-hydrogen) atoms. The third-order valence-electron chi connectivity index (χ3n) is 4.74. The molecule has 2 aromatic rings. The van der Waals surface area contributed by atoms with Crippen molar-refractivity contribution in [2.24, 2.45) is 0 Å². The SMILES string of the molecule is CC1(C)OB(c2cnc(OCc3ccccc3)c(C#N)c2)OC1(C)C. The molecule has 128 valence electrons. The van der Waals surface area contributed by atoms with Gasteiger partial charge in [0.25, 0.3) is 0 Å². The van der Waals surface area contributed by atoms with Crippen molar-refractivity contribution in [2.45, 2.75) is 45.5 Å². The topological polar surface area (TPSA) is 64.4 Å². The highest BCUT2D eigenvalue weighted by Crippen LogP contribution is 2.36. The molecule has 0 bridgehead atoms. The molecule has 6 heteroatoms. The van der Waals surface area contributed by atoms with Gasteiger partial charge in [0.2, 0.25) is 5.88 Å². The second-order valence-corrected chi connectivity index (χ2v) is 7.10. The number of benzene rings is 1. The van der Waals surface area contributed by atoms with E-state index in [1.807, 2.05) is 58.0 Å². The molecule has 0 aliphatic carbocycles. The number of aromatic nitrogens is 1. The van der Waals surface area contributed by atoms with Gasteiger partial charge in [0.05, 0.1) is 11.2 Å². The highest BCUT2D eigenvalue weighted by molar-refractivity contribution is 6.62. The van der Waals surface area contributed by atoms with Crippen molar-refractivity contribution in [3.05, 3.63) is 53.7 Å². The lowest BCUT2D eigenvalue weighted by Gasteiger charge is -2.32. The normalized spacial score (nSPS) is 18.0. The van der Waals surface area contributed by atoms with Crippen LogP contribution in [-0.4, -0.2) is 23.3 Å². The first kappa shape index (κ1) is 17.5. The van der Waals surface area contributed by atoms with Gasteiger partial charge in [0, 0.05) is 11.7 Å². The summed E-state index contributed by atoms with van der Waals surface area (Å²) >= 11 is 0. The predicted octanol–water partition coefficient (Wildman–Crippen LogP) is 2.83. The van der Waals surface area contributed by atoms with E-state index in [9.17, 15) is 5.26 Å². The second kappa shape index (κ2) is 6.51. The molecule has 0 atom stereocenters. The Balaban J connectivity index is 1.78. The summed E-state index contributed by atoms with van der Waals surface area (Å²) in [6.07, 6.45) is 1.64. The molecule has 0 amide bonds. The fourth-order valence-corrected chi connectivity index (χ4v) is 2.50. The lowest BCUT2D eigenvalue weighted by atomic mass is 9.80. The highest BCUT2D eigenvalue weighted by Gasteiger charge is 2.51. The maximum atomic E-state index is 9.44. The van der Waals surface area contributed by atoms with Gasteiger partial charge in [-0.3, -0.25) is 0 Å². The van der Waals surface area contributed by atoms with Crippen molar-refractivity contribution >= 4 is 12.6 Å². The lowest BCUT2D eigenvalue weighted by molar-refractivity contribution is 0.00578. The molecule has 3 rings (SSSR count). The number of hydrogen-bond donors (Lipinski definition) is 0. The summed E-state index contributed by atoms with van der Waals surface area (Å²) in [5.41, 5.74) is 1.22. The van der Waals surface area contributed by atoms with Crippen molar-refractivity contribution in [3.63, 3.8) is 0 Å². The monoisotopic (exact) mass is 336 g/mol. The van der Waals surface area contributed by atoms with Gasteiger partial charge in [-0.1, -0.05) is 30.3 Å².